The number of halogens is 1. The monoisotopic (exact) mass is 444 g/mol. The van der Waals surface area contributed by atoms with E-state index in [2.05, 4.69) is 16.8 Å². The highest BCUT2D eigenvalue weighted by Gasteiger charge is 2.24. The summed E-state index contributed by atoms with van der Waals surface area (Å²) >= 11 is 7.61. The predicted molar refractivity (Wildman–Crippen MR) is 118 cm³/mol. The molecule has 0 spiro atoms. The molecule has 0 aliphatic heterocycles. The number of aryl methyl sites for hydroxylation is 2. The van der Waals surface area contributed by atoms with Gasteiger partial charge in [0.05, 0.1) is 5.02 Å². The molecule has 0 aliphatic carbocycles. The highest BCUT2D eigenvalue weighted by Crippen LogP contribution is 2.38. The molecule has 0 unspecified atom stereocenters. The summed E-state index contributed by atoms with van der Waals surface area (Å²) in [6.07, 6.45) is 1.62. The van der Waals surface area contributed by atoms with Gasteiger partial charge in [-0.1, -0.05) is 54.2 Å². The average molecular weight is 445 g/mol. The van der Waals surface area contributed by atoms with Crippen LogP contribution in [0.25, 0.3) is 5.69 Å². The quantitative estimate of drug-likeness (QED) is 0.195. The number of ether oxygens (including phenoxy) is 1. The van der Waals surface area contributed by atoms with Crippen LogP contribution in [0.3, 0.4) is 0 Å². The van der Waals surface area contributed by atoms with E-state index in [1.54, 1.807) is 24.3 Å². The van der Waals surface area contributed by atoms with Gasteiger partial charge < -0.3 is 4.74 Å². The van der Waals surface area contributed by atoms with Crippen molar-refractivity contribution in [3.63, 3.8) is 0 Å². The van der Waals surface area contributed by atoms with Crippen molar-refractivity contribution in [2.45, 2.75) is 24.3 Å². The standard InChI is InChI=1S/C21H21ClN4O3S/c1-4-10-29-19-9-8-16(12-18(19)22)20(13-25(27)28)30-21-24-23-15(3)26(21)17-7-5-6-14(2)11-17/h4-9,11-12,20H,1,10,13H2,2-3H3/t20-/m0/s1. The van der Waals surface area contributed by atoms with Gasteiger partial charge in [-0.05, 0) is 49.2 Å². The summed E-state index contributed by atoms with van der Waals surface area (Å²) in [5.41, 5.74) is 2.72. The molecule has 1 aromatic heterocycles. The van der Waals surface area contributed by atoms with Crippen molar-refractivity contribution >= 4 is 23.4 Å². The molecular formula is C21H21ClN4O3S. The van der Waals surface area contributed by atoms with E-state index in [1.165, 1.54) is 11.8 Å². The zero-order valence-corrected chi connectivity index (χ0v) is 18.2. The van der Waals surface area contributed by atoms with Crippen LogP contribution in [0.4, 0.5) is 0 Å². The van der Waals surface area contributed by atoms with Gasteiger partial charge in [-0.3, -0.25) is 14.7 Å². The van der Waals surface area contributed by atoms with E-state index < -0.39 is 5.25 Å². The first kappa shape index (κ1) is 21.9. The summed E-state index contributed by atoms with van der Waals surface area (Å²) in [5, 5.41) is 20.3. The van der Waals surface area contributed by atoms with Gasteiger partial charge in [0, 0.05) is 10.6 Å². The second-order valence-electron chi connectivity index (χ2n) is 6.62. The highest BCUT2D eigenvalue weighted by molar-refractivity contribution is 7.99. The van der Waals surface area contributed by atoms with Crippen LogP contribution < -0.4 is 4.74 Å². The third kappa shape index (κ3) is 5.20. The van der Waals surface area contributed by atoms with Gasteiger partial charge in [-0.25, -0.2) is 0 Å². The number of rotatable bonds is 9. The van der Waals surface area contributed by atoms with Crippen LogP contribution in [0.5, 0.6) is 5.75 Å². The lowest BCUT2D eigenvalue weighted by molar-refractivity contribution is -0.479. The number of thioether (sulfide) groups is 1. The maximum Gasteiger partial charge on any atom is 0.220 e. The van der Waals surface area contributed by atoms with Crippen molar-refractivity contribution in [1.82, 2.24) is 14.8 Å². The van der Waals surface area contributed by atoms with Crippen LogP contribution in [0.2, 0.25) is 5.02 Å². The Kier molecular flexibility index (Phi) is 7.12. The van der Waals surface area contributed by atoms with E-state index in [0.717, 1.165) is 11.3 Å². The number of nitrogens with zero attached hydrogens (tertiary/aromatic N) is 4. The Labute approximate surface area is 183 Å². The Hall–Kier alpha value is -2.84. The largest absolute Gasteiger partial charge is 0.488 e. The van der Waals surface area contributed by atoms with Crippen LogP contribution in [0.1, 0.15) is 22.2 Å². The summed E-state index contributed by atoms with van der Waals surface area (Å²) in [6.45, 7) is 7.51. The van der Waals surface area contributed by atoms with Gasteiger partial charge in [0.2, 0.25) is 6.54 Å². The summed E-state index contributed by atoms with van der Waals surface area (Å²) in [5.74, 6) is 1.21. The fourth-order valence-corrected chi connectivity index (χ4v) is 4.35. The molecule has 7 nitrogen and oxygen atoms in total. The first-order valence-corrected chi connectivity index (χ1v) is 10.5. The molecule has 30 heavy (non-hydrogen) atoms. The number of benzene rings is 2. The molecule has 9 heteroatoms. The minimum absolute atomic E-state index is 0.284. The molecule has 1 atom stereocenters. The molecule has 0 aliphatic rings. The molecule has 2 aromatic carbocycles. The Bertz CT molecular complexity index is 1070. The molecule has 3 rings (SSSR count). The van der Waals surface area contributed by atoms with Crippen molar-refractivity contribution in [3.05, 3.63) is 87.2 Å². The maximum absolute atomic E-state index is 11.4. The second-order valence-corrected chi connectivity index (χ2v) is 8.19. The zero-order valence-electron chi connectivity index (χ0n) is 16.6. The summed E-state index contributed by atoms with van der Waals surface area (Å²) in [7, 11) is 0. The molecule has 0 bridgehead atoms. The zero-order chi connectivity index (χ0) is 21.7. The van der Waals surface area contributed by atoms with Gasteiger partial charge in [0.15, 0.2) is 5.16 Å². The molecule has 0 saturated carbocycles. The van der Waals surface area contributed by atoms with E-state index in [0.29, 0.717) is 33.9 Å². The average Bonchev–Trinajstić information content (AvgIpc) is 3.06. The van der Waals surface area contributed by atoms with Crippen LogP contribution in [-0.4, -0.2) is 32.8 Å². The minimum Gasteiger partial charge on any atom is -0.488 e. The lowest BCUT2D eigenvalue weighted by atomic mass is 10.1. The van der Waals surface area contributed by atoms with Gasteiger partial charge in [-0.2, -0.15) is 0 Å². The third-order valence-electron chi connectivity index (χ3n) is 4.30. The second kappa shape index (κ2) is 9.77. The normalized spacial score (nSPS) is 11.8. The molecule has 0 N–H and O–H groups in total. The molecule has 0 radical (unpaired) electrons. The Morgan fingerprint density at radius 1 is 1.30 bits per heavy atom. The third-order valence-corrected chi connectivity index (χ3v) is 5.78. The maximum atomic E-state index is 11.4. The van der Waals surface area contributed by atoms with Crippen molar-refractivity contribution < 1.29 is 9.66 Å². The van der Waals surface area contributed by atoms with E-state index >= 15 is 0 Å². The van der Waals surface area contributed by atoms with Crippen LogP contribution in [0.15, 0.2) is 60.3 Å². The van der Waals surface area contributed by atoms with Crippen molar-refractivity contribution in [2.75, 3.05) is 13.2 Å². The van der Waals surface area contributed by atoms with Gasteiger partial charge in [-0.15, -0.1) is 10.2 Å². The van der Waals surface area contributed by atoms with Gasteiger partial charge in [0.25, 0.3) is 0 Å². The molecule has 3 aromatic rings. The lowest BCUT2D eigenvalue weighted by Gasteiger charge is -2.16. The first-order chi connectivity index (χ1) is 14.4. The molecule has 156 valence electrons. The van der Waals surface area contributed by atoms with Crippen LogP contribution in [-0.2, 0) is 0 Å². The fourth-order valence-electron chi connectivity index (χ4n) is 2.94. The minimum atomic E-state index is -0.502. The SMILES string of the molecule is C=CCOc1ccc([C@H](C[N+](=O)[O-])Sc2nnc(C)n2-c2cccc(C)c2)cc1Cl. The fraction of sp³-hybridized carbons (Fsp3) is 0.238. The highest BCUT2D eigenvalue weighted by atomic mass is 35.5. The number of hydrogen-bond acceptors (Lipinski definition) is 6. The van der Waals surface area contributed by atoms with Crippen molar-refractivity contribution in [2.24, 2.45) is 0 Å². The summed E-state index contributed by atoms with van der Waals surface area (Å²) in [6, 6.07) is 13.1. The number of aromatic nitrogens is 3. The van der Waals surface area contributed by atoms with Crippen LogP contribution >= 0.6 is 23.4 Å². The Morgan fingerprint density at radius 3 is 2.77 bits per heavy atom. The van der Waals surface area contributed by atoms with Crippen LogP contribution in [0, 0.1) is 24.0 Å². The first-order valence-electron chi connectivity index (χ1n) is 9.19. The van der Waals surface area contributed by atoms with E-state index in [1.807, 2.05) is 42.7 Å². The molecule has 0 fully saturated rings. The summed E-state index contributed by atoms with van der Waals surface area (Å²) in [4.78, 5) is 11.0. The Morgan fingerprint density at radius 2 is 2.10 bits per heavy atom. The number of nitro groups is 1. The topological polar surface area (TPSA) is 83.1 Å². The van der Waals surface area contributed by atoms with Gasteiger partial charge >= 0.3 is 0 Å². The Balaban J connectivity index is 1.94. The molecule has 0 amide bonds. The predicted octanol–water partition coefficient (Wildman–Crippen LogP) is 5.21. The summed E-state index contributed by atoms with van der Waals surface area (Å²) < 4.78 is 7.39. The molecule has 1 heterocycles. The van der Waals surface area contributed by atoms with E-state index in [-0.39, 0.29) is 11.5 Å². The molecular weight excluding hydrogens is 424 g/mol. The smallest absolute Gasteiger partial charge is 0.220 e. The van der Waals surface area contributed by atoms with Crippen molar-refractivity contribution in [3.8, 4) is 11.4 Å². The molecule has 0 saturated heterocycles. The van der Waals surface area contributed by atoms with Gasteiger partial charge in [0.1, 0.15) is 23.4 Å². The number of hydrogen-bond donors (Lipinski definition) is 0. The lowest BCUT2D eigenvalue weighted by Crippen LogP contribution is -2.11. The van der Waals surface area contributed by atoms with E-state index in [9.17, 15) is 10.1 Å². The van der Waals surface area contributed by atoms with Crippen molar-refractivity contribution in [1.29, 1.82) is 0 Å². The van der Waals surface area contributed by atoms with E-state index in [4.69, 9.17) is 16.3 Å².